The minimum Gasteiger partial charge on any atom is -0.476 e. The van der Waals surface area contributed by atoms with E-state index in [4.69, 9.17) is 5.11 Å². The number of hydrogen-bond acceptors (Lipinski definition) is 5. The molecule has 7 nitrogen and oxygen atoms in total. The summed E-state index contributed by atoms with van der Waals surface area (Å²) in [5.41, 5.74) is 0.888. The minimum absolute atomic E-state index is 0.133. The van der Waals surface area contributed by atoms with Crippen molar-refractivity contribution >= 4 is 28.5 Å². The van der Waals surface area contributed by atoms with Gasteiger partial charge in [0.15, 0.2) is 5.69 Å². The number of aromatic carboxylic acids is 1. The number of carboxylic acid groups (broad SMARTS) is 1. The Bertz CT molecular complexity index is 657. The van der Waals surface area contributed by atoms with Crippen LogP contribution in [0.2, 0.25) is 0 Å². The maximum atomic E-state index is 11.2. The molecule has 1 heterocycles. The van der Waals surface area contributed by atoms with Gasteiger partial charge in [0, 0.05) is 25.4 Å². The Morgan fingerprint density at radius 2 is 1.95 bits per heavy atom. The fraction of sp³-hybridized carbons (Fsp3) is 0.231. The molecule has 0 radical (unpaired) electrons. The highest BCUT2D eigenvalue weighted by Crippen LogP contribution is 2.23. The maximum absolute atomic E-state index is 11.2. The summed E-state index contributed by atoms with van der Waals surface area (Å²) in [5, 5.41) is 23.1. The van der Waals surface area contributed by atoms with Gasteiger partial charge in [0.2, 0.25) is 5.91 Å². The predicted octanol–water partition coefficient (Wildman–Crippen LogP) is 0.876. The summed E-state index contributed by atoms with van der Waals surface area (Å²) in [5.74, 6) is -1.28. The normalized spacial score (nSPS) is 10.2. The molecular weight excluding hydrogens is 260 g/mol. The summed E-state index contributed by atoms with van der Waals surface area (Å²) in [6.07, 6.45) is 0. The van der Waals surface area contributed by atoms with E-state index in [0.29, 0.717) is 29.7 Å². The smallest absolute Gasteiger partial charge is 0.358 e. The Hall–Kier alpha value is -2.70. The number of carboxylic acids is 1. The third kappa shape index (κ3) is 3.00. The van der Waals surface area contributed by atoms with Gasteiger partial charge in [-0.05, 0) is 6.07 Å². The number of hydrogen-bond donors (Lipinski definition) is 3. The van der Waals surface area contributed by atoms with E-state index in [9.17, 15) is 9.59 Å². The molecule has 0 aliphatic carbocycles. The first-order valence-electron chi connectivity index (χ1n) is 6.06. The molecule has 0 atom stereocenters. The molecule has 0 aliphatic rings. The van der Waals surface area contributed by atoms with Crippen molar-refractivity contribution in [2.45, 2.75) is 6.92 Å². The van der Waals surface area contributed by atoms with Crippen molar-refractivity contribution in [2.24, 2.45) is 0 Å². The van der Waals surface area contributed by atoms with E-state index in [-0.39, 0.29) is 11.6 Å². The number of nitrogens with one attached hydrogen (secondary N) is 2. The van der Waals surface area contributed by atoms with Crippen molar-refractivity contribution in [3.8, 4) is 0 Å². The van der Waals surface area contributed by atoms with E-state index in [1.54, 1.807) is 24.3 Å². The van der Waals surface area contributed by atoms with Crippen LogP contribution in [0.25, 0.3) is 10.9 Å². The molecule has 0 aliphatic heterocycles. The number of carbonyl (C=O) groups excluding carboxylic acids is 1. The minimum atomic E-state index is -1.15. The monoisotopic (exact) mass is 274 g/mol. The third-order valence-corrected chi connectivity index (χ3v) is 2.67. The number of rotatable bonds is 5. The van der Waals surface area contributed by atoms with Crippen molar-refractivity contribution in [1.29, 1.82) is 0 Å². The van der Waals surface area contributed by atoms with Gasteiger partial charge in [-0.1, -0.05) is 18.2 Å². The molecule has 1 aromatic carbocycles. The summed E-state index contributed by atoms with van der Waals surface area (Å²) in [4.78, 5) is 22.0. The fourth-order valence-electron chi connectivity index (χ4n) is 1.81. The number of aromatic nitrogens is 2. The Kier molecular flexibility index (Phi) is 4.09. The van der Waals surface area contributed by atoms with Gasteiger partial charge in [-0.25, -0.2) is 4.79 Å². The highest BCUT2D eigenvalue weighted by atomic mass is 16.4. The average Bonchev–Trinajstić information content (AvgIpc) is 2.42. The molecule has 7 heteroatoms. The number of anilines is 1. The quantitative estimate of drug-likeness (QED) is 0.699. The van der Waals surface area contributed by atoms with Crippen LogP contribution in [0.4, 0.5) is 5.69 Å². The third-order valence-electron chi connectivity index (χ3n) is 2.67. The summed E-state index contributed by atoms with van der Waals surface area (Å²) >= 11 is 0. The van der Waals surface area contributed by atoms with E-state index in [2.05, 4.69) is 20.8 Å². The lowest BCUT2D eigenvalue weighted by Crippen LogP contribution is -2.26. The van der Waals surface area contributed by atoms with Crippen LogP contribution >= 0.6 is 0 Å². The number of nitrogens with zero attached hydrogens (tertiary/aromatic N) is 2. The van der Waals surface area contributed by atoms with Crippen LogP contribution < -0.4 is 10.6 Å². The number of benzene rings is 1. The van der Waals surface area contributed by atoms with Crippen LogP contribution in [0, 0.1) is 0 Å². The maximum Gasteiger partial charge on any atom is 0.358 e. The zero-order valence-electron chi connectivity index (χ0n) is 10.9. The average molecular weight is 274 g/mol. The van der Waals surface area contributed by atoms with Crippen LogP contribution in [0.15, 0.2) is 24.3 Å². The first-order chi connectivity index (χ1) is 9.59. The standard InChI is InChI=1S/C13H14N4O3/c1-8(18)14-6-7-15-11-9-4-2-3-5-10(9)16-17-12(11)13(19)20/h2-5H,6-7H2,1H3,(H,14,18)(H,15,16)(H,19,20). The molecular formula is C13H14N4O3. The zero-order chi connectivity index (χ0) is 14.5. The van der Waals surface area contributed by atoms with Gasteiger partial charge in [-0.3, -0.25) is 4.79 Å². The lowest BCUT2D eigenvalue weighted by molar-refractivity contribution is -0.118. The lowest BCUT2D eigenvalue weighted by atomic mass is 10.1. The lowest BCUT2D eigenvalue weighted by Gasteiger charge is -2.11. The van der Waals surface area contributed by atoms with E-state index in [1.807, 2.05) is 0 Å². The first kappa shape index (κ1) is 13.7. The molecule has 104 valence electrons. The SMILES string of the molecule is CC(=O)NCCNc1c(C(=O)O)nnc2ccccc12. The summed E-state index contributed by atoms with van der Waals surface area (Å²) < 4.78 is 0. The number of fused-ring (bicyclic) bond motifs is 1. The highest BCUT2D eigenvalue weighted by Gasteiger charge is 2.15. The number of amides is 1. The van der Waals surface area contributed by atoms with E-state index in [1.165, 1.54) is 6.92 Å². The highest BCUT2D eigenvalue weighted by molar-refractivity contribution is 6.02. The molecule has 0 saturated heterocycles. The van der Waals surface area contributed by atoms with E-state index < -0.39 is 5.97 Å². The van der Waals surface area contributed by atoms with Gasteiger partial charge in [-0.2, -0.15) is 0 Å². The number of carbonyl (C=O) groups is 2. The zero-order valence-corrected chi connectivity index (χ0v) is 10.9. The van der Waals surface area contributed by atoms with Gasteiger partial charge >= 0.3 is 5.97 Å². The molecule has 1 aromatic heterocycles. The second kappa shape index (κ2) is 5.96. The van der Waals surface area contributed by atoms with Crippen LogP contribution in [-0.4, -0.2) is 40.3 Å². The van der Waals surface area contributed by atoms with Crippen LogP contribution in [0.1, 0.15) is 17.4 Å². The van der Waals surface area contributed by atoms with Gasteiger partial charge in [0.1, 0.15) is 0 Å². The van der Waals surface area contributed by atoms with Crippen LogP contribution in [0.3, 0.4) is 0 Å². The van der Waals surface area contributed by atoms with Crippen molar-refractivity contribution in [3.05, 3.63) is 30.0 Å². The Morgan fingerprint density at radius 3 is 2.65 bits per heavy atom. The van der Waals surface area contributed by atoms with E-state index >= 15 is 0 Å². The second-order valence-electron chi connectivity index (χ2n) is 4.16. The Morgan fingerprint density at radius 1 is 1.20 bits per heavy atom. The molecule has 0 fully saturated rings. The topological polar surface area (TPSA) is 104 Å². The van der Waals surface area contributed by atoms with Crippen LogP contribution in [-0.2, 0) is 4.79 Å². The van der Waals surface area contributed by atoms with Gasteiger partial charge in [-0.15, -0.1) is 10.2 Å². The van der Waals surface area contributed by atoms with Gasteiger partial charge < -0.3 is 15.7 Å². The summed E-state index contributed by atoms with van der Waals surface area (Å²) in [7, 11) is 0. The second-order valence-corrected chi connectivity index (χ2v) is 4.16. The van der Waals surface area contributed by atoms with E-state index in [0.717, 1.165) is 0 Å². The molecule has 2 aromatic rings. The fourth-order valence-corrected chi connectivity index (χ4v) is 1.81. The Labute approximate surface area is 115 Å². The molecule has 0 saturated carbocycles. The van der Waals surface area contributed by atoms with Crippen molar-refractivity contribution in [2.75, 3.05) is 18.4 Å². The predicted molar refractivity (Wildman–Crippen MR) is 73.7 cm³/mol. The Balaban J connectivity index is 2.30. The van der Waals surface area contributed by atoms with Crippen LogP contribution in [0.5, 0.6) is 0 Å². The first-order valence-corrected chi connectivity index (χ1v) is 6.06. The van der Waals surface area contributed by atoms with Gasteiger partial charge in [0.05, 0.1) is 11.2 Å². The van der Waals surface area contributed by atoms with Crippen molar-refractivity contribution in [1.82, 2.24) is 15.5 Å². The summed E-state index contributed by atoms with van der Waals surface area (Å²) in [6.45, 7) is 2.21. The van der Waals surface area contributed by atoms with Crippen molar-refractivity contribution in [3.63, 3.8) is 0 Å². The molecule has 0 bridgehead atoms. The molecule has 2 rings (SSSR count). The molecule has 0 spiro atoms. The van der Waals surface area contributed by atoms with Crippen molar-refractivity contribution < 1.29 is 14.7 Å². The molecule has 0 unspecified atom stereocenters. The van der Waals surface area contributed by atoms with Gasteiger partial charge in [0.25, 0.3) is 0 Å². The summed E-state index contributed by atoms with van der Waals surface area (Å²) in [6, 6.07) is 7.14. The molecule has 1 amide bonds. The molecule has 20 heavy (non-hydrogen) atoms. The molecule has 3 N–H and O–H groups in total. The largest absolute Gasteiger partial charge is 0.476 e.